The number of nitrogens with zero attached hydrogens (tertiary/aromatic N) is 2. The van der Waals surface area contributed by atoms with Crippen molar-refractivity contribution in [2.45, 2.75) is 37.1 Å². The zero-order chi connectivity index (χ0) is 21.1. The predicted molar refractivity (Wildman–Crippen MR) is 115 cm³/mol. The molecule has 6 nitrogen and oxygen atoms in total. The molecule has 2 heterocycles. The monoisotopic (exact) mass is 428 g/mol. The highest BCUT2D eigenvalue weighted by atomic mass is 32.2. The molecule has 0 radical (unpaired) electrons. The summed E-state index contributed by atoms with van der Waals surface area (Å²) >= 11 is 0. The number of benzene rings is 2. The van der Waals surface area contributed by atoms with Crippen molar-refractivity contribution in [1.82, 2.24) is 9.21 Å². The van der Waals surface area contributed by atoms with Crippen molar-refractivity contribution in [2.75, 3.05) is 32.8 Å². The number of carbonyl (C=O) groups excluding carboxylic acids is 1. The molecule has 0 aromatic heterocycles. The number of hydrogen-bond acceptors (Lipinski definition) is 4. The fraction of sp³-hybridized carbons (Fsp3) is 0.435. The van der Waals surface area contributed by atoms with Gasteiger partial charge in [0.1, 0.15) is 0 Å². The van der Waals surface area contributed by atoms with Crippen LogP contribution in [0.1, 0.15) is 34.3 Å². The van der Waals surface area contributed by atoms with Gasteiger partial charge in [0.2, 0.25) is 10.0 Å². The van der Waals surface area contributed by atoms with E-state index in [1.807, 2.05) is 4.90 Å². The van der Waals surface area contributed by atoms with E-state index in [9.17, 15) is 13.2 Å². The van der Waals surface area contributed by atoms with Gasteiger partial charge in [-0.1, -0.05) is 35.9 Å². The number of likely N-dealkylation sites (tertiary alicyclic amines) is 1. The molecular formula is C23H28N2O4S. The number of ether oxygens (including phenoxy) is 1. The topological polar surface area (TPSA) is 66.9 Å². The van der Waals surface area contributed by atoms with Crippen LogP contribution < -0.4 is 0 Å². The van der Waals surface area contributed by atoms with E-state index in [1.54, 1.807) is 18.2 Å². The number of morpholine rings is 1. The Kier molecular flexibility index (Phi) is 6.22. The highest BCUT2D eigenvalue weighted by Gasteiger charge is 2.31. The third-order valence-corrected chi connectivity index (χ3v) is 7.81. The molecule has 0 bridgehead atoms. The highest BCUT2D eigenvalue weighted by Crippen LogP contribution is 2.25. The van der Waals surface area contributed by atoms with E-state index in [2.05, 4.69) is 31.2 Å². The van der Waals surface area contributed by atoms with Gasteiger partial charge in [-0.25, -0.2) is 8.42 Å². The van der Waals surface area contributed by atoms with Crippen LogP contribution in [0.4, 0.5) is 0 Å². The van der Waals surface area contributed by atoms with E-state index < -0.39 is 10.0 Å². The first-order chi connectivity index (χ1) is 14.4. The molecule has 0 N–H and O–H groups in total. The molecule has 1 atom stereocenters. The van der Waals surface area contributed by atoms with Gasteiger partial charge in [-0.3, -0.25) is 4.79 Å². The Bertz CT molecular complexity index is 998. The summed E-state index contributed by atoms with van der Waals surface area (Å²) in [6.07, 6.45) is 2.75. The first kappa shape index (κ1) is 21.0. The quantitative estimate of drug-likeness (QED) is 0.735. The Balaban J connectivity index is 1.52. The second-order valence-corrected chi connectivity index (χ2v) is 9.97. The highest BCUT2D eigenvalue weighted by molar-refractivity contribution is 7.89. The predicted octanol–water partition coefficient (Wildman–Crippen LogP) is 2.86. The second-order valence-electron chi connectivity index (χ2n) is 8.03. The van der Waals surface area contributed by atoms with Gasteiger partial charge in [0, 0.05) is 31.2 Å². The Morgan fingerprint density at radius 3 is 2.53 bits per heavy atom. The normalized spacial score (nSPS) is 20.4. The molecule has 2 aliphatic rings. The van der Waals surface area contributed by atoms with E-state index in [-0.39, 0.29) is 16.8 Å². The van der Waals surface area contributed by atoms with Crippen LogP contribution in [0.15, 0.2) is 53.4 Å². The number of sulfonamides is 1. The maximum atomic E-state index is 13.3. The summed E-state index contributed by atoms with van der Waals surface area (Å²) in [5.74, 6) is -0.0939. The summed E-state index contributed by atoms with van der Waals surface area (Å²) in [6.45, 7) is 4.23. The van der Waals surface area contributed by atoms with Crippen LogP contribution in [0, 0.1) is 6.92 Å². The lowest BCUT2D eigenvalue weighted by molar-refractivity contribution is 0.0727. The molecule has 0 saturated carbocycles. The Hall–Kier alpha value is -2.22. The van der Waals surface area contributed by atoms with Crippen LogP contribution in [0.2, 0.25) is 0 Å². The van der Waals surface area contributed by atoms with Crippen molar-refractivity contribution in [2.24, 2.45) is 0 Å². The Morgan fingerprint density at radius 2 is 1.80 bits per heavy atom. The molecule has 30 heavy (non-hydrogen) atoms. The lowest BCUT2D eigenvalue weighted by atomic mass is 10.0. The molecule has 4 rings (SSSR count). The van der Waals surface area contributed by atoms with Gasteiger partial charge in [-0.2, -0.15) is 4.31 Å². The van der Waals surface area contributed by atoms with Crippen LogP contribution in [0.5, 0.6) is 0 Å². The lowest BCUT2D eigenvalue weighted by Crippen LogP contribution is -2.40. The van der Waals surface area contributed by atoms with E-state index in [0.717, 1.165) is 19.3 Å². The van der Waals surface area contributed by atoms with Crippen molar-refractivity contribution in [3.63, 3.8) is 0 Å². The van der Waals surface area contributed by atoms with E-state index >= 15 is 0 Å². The van der Waals surface area contributed by atoms with Gasteiger partial charge >= 0.3 is 0 Å². The average molecular weight is 429 g/mol. The zero-order valence-electron chi connectivity index (χ0n) is 17.3. The number of rotatable bonds is 5. The SMILES string of the molecule is Cc1ccc(CC2CCCN2C(=O)c2cccc(S(=O)(=O)N3CCOCC3)c2)cc1. The molecule has 2 aromatic rings. The molecule has 2 fully saturated rings. The second kappa shape index (κ2) is 8.88. The number of amides is 1. The van der Waals surface area contributed by atoms with Crippen molar-refractivity contribution in [1.29, 1.82) is 0 Å². The number of carbonyl (C=O) groups is 1. The standard InChI is InChI=1S/C23H28N2O4S/c1-18-7-9-19(10-8-18)16-21-5-3-11-25(21)23(26)20-4-2-6-22(17-20)30(27,28)24-12-14-29-15-13-24/h2,4,6-10,17,21H,3,5,11-16H2,1H3. The van der Waals surface area contributed by atoms with Crippen LogP contribution in [0.3, 0.4) is 0 Å². The van der Waals surface area contributed by atoms with Crippen molar-refractivity contribution < 1.29 is 17.9 Å². The van der Waals surface area contributed by atoms with Crippen LogP contribution >= 0.6 is 0 Å². The summed E-state index contributed by atoms with van der Waals surface area (Å²) in [6, 6.07) is 15.0. The zero-order valence-corrected chi connectivity index (χ0v) is 18.1. The van der Waals surface area contributed by atoms with E-state index in [0.29, 0.717) is 38.4 Å². The van der Waals surface area contributed by atoms with Gasteiger partial charge in [0.25, 0.3) is 5.91 Å². The van der Waals surface area contributed by atoms with E-state index in [4.69, 9.17) is 4.74 Å². The van der Waals surface area contributed by atoms with Gasteiger partial charge in [0.15, 0.2) is 0 Å². The van der Waals surface area contributed by atoms with Crippen molar-refractivity contribution >= 4 is 15.9 Å². The van der Waals surface area contributed by atoms with E-state index in [1.165, 1.54) is 21.5 Å². The summed E-state index contributed by atoms with van der Waals surface area (Å²) in [5.41, 5.74) is 2.87. The molecule has 1 amide bonds. The molecule has 0 spiro atoms. The first-order valence-electron chi connectivity index (χ1n) is 10.5. The minimum Gasteiger partial charge on any atom is -0.379 e. The maximum Gasteiger partial charge on any atom is 0.254 e. The van der Waals surface area contributed by atoms with Gasteiger partial charge in [-0.05, 0) is 49.9 Å². The number of aryl methyl sites for hydroxylation is 1. The average Bonchev–Trinajstić information content (AvgIpc) is 3.23. The van der Waals surface area contributed by atoms with Crippen molar-refractivity contribution in [3.05, 3.63) is 65.2 Å². The molecule has 1 unspecified atom stereocenters. The van der Waals surface area contributed by atoms with Gasteiger partial charge in [-0.15, -0.1) is 0 Å². The largest absolute Gasteiger partial charge is 0.379 e. The molecular weight excluding hydrogens is 400 g/mol. The third-order valence-electron chi connectivity index (χ3n) is 5.92. The Labute approximate surface area is 178 Å². The smallest absolute Gasteiger partial charge is 0.254 e. The maximum absolute atomic E-state index is 13.3. The third kappa shape index (κ3) is 4.43. The summed E-state index contributed by atoms with van der Waals surface area (Å²) in [5, 5.41) is 0. The molecule has 0 aliphatic carbocycles. The van der Waals surface area contributed by atoms with Crippen LogP contribution in [-0.2, 0) is 21.2 Å². The minimum absolute atomic E-state index is 0.0939. The fourth-order valence-electron chi connectivity index (χ4n) is 4.20. The number of hydrogen-bond donors (Lipinski definition) is 0. The first-order valence-corrected chi connectivity index (χ1v) is 11.9. The van der Waals surface area contributed by atoms with Gasteiger partial charge in [0.05, 0.1) is 18.1 Å². The summed E-state index contributed by atoms with van der Waals surface area (Å²) < 4.78 is 32.6. The summed E-state index contributed by atoms with van der Waals surface area (Å²) in [7, 11) is -3.63. The molecule has 2 aliphatic heterocycles. The summed E-state index contributed by atoms with van der Waals surface area (Å²) in [4.78, 5) is 15.3. The van der Waals surface area contributed by atoms with Crippen LogP contribution in [-0.4, -0.2) is 62.4 Å². The van der Waals surface area contributed by atoms with Crippen molar-refractivity contribution in [3.8, 4) is 0 Å². The molecule has 2 aromatic carbocycles. The lowest BCUT2D eigenvalue weighted by Gasteiger charge is -2.27. The Morgan fingerprint density at radius 1 is 1.07 bits per heavy atom. The van der Waals surface area contributed by atoms with Crippen LogP contribution in [0.25, 0.3) is 0 Å². The molecule has 2 saturated heterocycles. The minimum atomic E-state index is -3.63. The fourth-order valence-corrected chi connectivity index (χ4v) is 5.66. The molecule has 7 heteroatoms. The van der Waals surface area contributed by atoms with Gasteiger partial charge < -0.3 is 9.64 Å². The molecule has 160 valence electrons.